The third-order valence-corrected chi connectivity index (χ3v) is 4.11. The second kappa shape index (κ2) is 5.61. The first-order chi connectivity index (χ1) is 10.00. The van der Waals surface area contributed by atoms with E-state index in [4.69, 9.17) is 4.74 Å². The summed E-state index contributed by atoms with van der Waals surface area (Å²) in [7, 11) is 0. The topological polar surface area (TPSA) is 58.9 Å². The van der Waals surface area contributed by atoms with E-state index in [-0.39, 0.29) is 22.6 Å². The average Bonchev–Trinajstić information content (AvgIpc) is 2.37. The van der Waals surface area contributed by atoms with Crippen LogP contribution in [0, 0.1) is 0 Å². The van der Waals surface area contributed by atoms with Gasteiger partial charge in [0.15, 0.2) is 6.61 Å². The number of ether oxygens (including phenoxy) is 1. The zero-order chi connectivity index (χ0) is 16.7. The average molecular weight is 321 g/mol. The molecule has 0 aliphatic carbocycles. The number of carbonyl (C=O) groups excluding carboxylic acids is 1. The Balaban J connectivity index is 2.63. The van der Waals surface area contributed by atoms with E-state index in [0.717, 1.165) is 28.6 Å². The van der Waals surface area contributed by atoms with Gasteiger partial charge in [0, 0.05) is 16.7 Å². The Hall–Kier alpha value is -1.49. The van der Waals surface area contributed by atoms with Gasteiger partial charge in [-0.05, 0) is 23.0 Å². The van der Waals surface area contributed by atoms with Crippen molar-refractivity contribution in [3.05, 3.63) is 28.8 Å². The van der Waals surface area contributed by atoms with Gasteiger partial charge in [0.25, 0.3) is 0 Å². The van der Waals surface area contributed by atoms with Crippen molar-refractivity contribution in [3.8, 4) is 5.75 Å². The third-order valence-electron chi connectivity index (χ3n) is 3.53. The molecule has 0 fully saturated rings. The van der Waals surface area contributed by atoms with Crippen LogP contribution < -0.4 is 0 Å². The first kappa shape index (κ1) is 16.9. The van der Waals surface area contributed by atoms with E-state index in [0.29, 0.717) is 11.6 Å². The number of aromatic hydroxyl groups is 1. The Morgan fingerprint density at radius 3 is 1.95 bits per heavy atom. The summed E-state index contributed by atoms with van der Waals surface area (Å²) in [6.45, 7) is 12.4. The van der Waals surface area contributed by atoms with Gasteiger partial charge in [0.1, 0.15) is 5.75 Å². The van der Waals surface area contributed by atoms with E-state index < -0.39 is 0 Å². The van der Waals surface area contributed by atoms with Gasteiger partial charge < -0.3 is 9.84 Å². The molecule has 1 N–H and O–H groups in total. The van der Waals surface area contributed by atoms with Crippen LogP contribution in [0.1, 0.15) is 58.2 Å². The number of benzene rings is 1. The molecular formula is C17H23NO3S. The molecule has 0 bridgehead atoms. The van der Waals surface area contributed by atoms with Gasteiger partial charge in [-0.1, -0.05) is 41.5 Å². The minimum absolute atomic E-state index is 0.0279. The number of phenols is 1. The van der Waals surface area contributed by atoms with Gasteiger partial charge in [-0.3, -0.25) is 4.79 Å². The van der Waals surface area contributed by atoms with E-state index >= 15 is 0 Å². The van der Waals surface area contributed by atoms with Crippen LogP contribution in [0.15, 0.2) is 16.5 Å². The fourth-order valence-corrected chi connectivity index (χ4v) is 2.76. The minimum Gasteiger partial charge on any atom is -0.507 e. The zero-order valence-electron chi connectivity index (χ0n) is 14.0. The van der Waals surface area contributed by atoms with Crippen molar-refractivity contribution in [2.45, 2.75) is 52.4 Å². The van der Waals surface area contributed by atoms with Gasteiger partial charge in [-0.2, -0.15) is 4.40 Å². The summed E-state index contributed by atoms with van der Waals surface area (Å²) in [4.78, 5) is 11.2. The molecule has 0 saturated heterocycles. The van der Waals surface area contributed by atoms with Crippen molar-refractivity contribution < 1.29 is 14.6 Å². The van der Waals surface area contributed by atoms with Crippen molar-refractivity contribution in [1.82, 2.24) is 0 Å². The molecule has 0 spiro atoms. The quantitative estimate of drug-likeness (QED) is 0.796. The molecule has 4 nitrogen and oxygen atoms in total. The number of phenolic OH excluding ortho intramolecular Hbond substituents is 1. The number of rotatable bonds is 1. The molecule has 0 unspecified atom stereocenters. The number of carbonyl (C=O) groups is 1. The lowest BCUT2D eigenvalue weighted by atomic mass is 9.78. The molecule has 0 saturated carbocycles. The highest BCUT2D eigenvalue weighted by Gasteiger charge is 2.28. The molecular weight excluding hydrogens is 298 g/mol. The van der Waals surface area contributed by atoms with Gasteiger partial charge in [-0.25, -0.2) is 0 Å². The third kappa shape index (κ3) is 3.46. The second-order valence-corrected chi connectivity index (χ2v) is 8.39. The fourth-order valence-electron chi connectivity index (χ4n) is 2.31. The first-order valence-electron chi connectivity index (χ1n) is 7.29. The summed E-state index contributed by atoms with van der Waals surface area (Å²) in [5.41, 5.74) is 2.08. The molecule has 1 heterocycles. The van der Waals surface area contributed by atoms with Crippen LogP contribution in [0.25, 0.3) is 0 Å². The van der Waals surface area contributed by atoms with Crippen molar-refractivity contribution in [1.29, 1.82) is 0 Å². The summed E-state index contributed by atoms with van der Waals surface area (Å²) in [6.07, 6.45) is 0. The molecule has 0 atom stereocenters. The lowest BCUT2D eigenvalue weighted by molar-refractivity contribution is -0.113. The predicted octanol–water partition coefficient (Wildman–Crippen LogP) is 3.94. The van der Waals surface area contributed by atoms with Gasteiger partial charge in [0.2, 0.25) is 11.0 Å². The van der Waals surface area contributed by atoms with E-state index in [1.165, 1.54) is 0 Å². The molecule has 2 rings (SSSR count). The first-order valence-corrected chi connectivity index (χ1v) is 8.06. The Bertz CT molecular complexity index is 601. The second-order valence-electron chi connectivity index (χ2n) is 7.57. The maximum absolute atomic E-state index is 11.2. The van der Waals surface area contributed by atoms with Crippen molar-refractivity contribution in [2.24, 2.45) is 4.40 Å². The molecule has 1 aromatic carbocycles. The highest BCUT2D eigenvalue weighted by Crippen LogP contribution is 2.40. The van der Waals surface area contributed by atoms with Crippen molar-refractivity contribution in [2.75, 3.05) is 6.61 Å². The number of nitrogens with zero attached hydrogens (tertiary/aromatic N) is 1. The van der Waals surface area contributed by atoms with E-state index in [1.54, 1.807) is 0 Å². The smallest absolute Gasteiger partial charge is 0.248 e. The van der Waals surface area contributed by atoms with E-state index in [2.05, 4.69) is 45.9 Å². The predicted molar refractivity (Wildman–Crippen MR) is 90.6 cm³/mol. The number of hydrogen-bond donors (Lipinski definition) is 1. The molecule has 1 aliphatic heterocycles. The molecule has 22 heavy (non-hydrogen) atoms. The Morgan fingerprint density at radius 1 is 1.09 bits per heavy atom. The molecule has 1 aromatic rings. The van der Waals surface area contributed by atoms with E-state index in [1.807, 2.05) is 12.1 Å². The van der Waals surface area contributed by atoms with Gasteiger partial charge in [0.05, 0.1) is 11.9 Å². The summed E-state index contributed by atoms with van der Waals surface area (Å²) < 4.78 is 9.59. The molecule has 0 amide bonds. The maximum Gasteiger partial charge on any atom is 0.248 e. The zero-order valence-corrected chi connectivity index (χ0v) is 14.8. The summed E-state index contributed by atoms with van der Waals surface area (Å²) in [6, 6.07) is 3.81. The molecule has 1 aliphatic rings. The van der Waals surface area contributed by atoms with Crippen LogP contribution in [0.4, 0.5) is 0 Å². The highest BCUT2D eigenvalue weighted by atomic mass is 32.2. The lowest BCUT2D eigenvalue weighted by Crippen LogP contribution is -2.21. The standard InChI is InChI=1S/C17H23NO3S/c1-16(2,3)11-7-10(15-18-22-13(19)9-21-15)8-12(14(11)20)17(4,5)6/h7-8,20H,9H2,1-6H3. The Kier molecular flexibility index (Phi) is 4.30. The minimum atomic E-state index is -0.210. The van der Waals surface area contributed by atoms with Crippen molar-refractivity contribution >= 4 is 23.0 Å². The highest BCUT2D eigenvalue weighted by molar-refractivity contribution is 8.12. The monoisotopic (exact) mass is 321 g/mol. The number of hydrogen-bond acceptors (Lipinski definition) is 5. The Labute approximate surface area is 136 Å². The van der Waals surface area contributed by atoms with Crippen LogP contribution in [-0.4, -0.2) is 22.7 Å². The van der Waals surface area contributed by atoms with Gasteiger partial charge in [-0.15, -0.1) is 0 Å². The normalized spacial score (nSPS) is 16.3. The lowest BCUT2D eigenvalue weighted by Gasteiger charge is -2.28. The van der Waals surface area contributed by atoms with Crippen LogP contribution in [0.3, 0.4) is 0 Å². The van der Waals surface area contributed by atoms with Crippen LogP contribution in [0.5, 0.6) is 5.75 Å². The molecule has 5 heteroatoms. The maximum atomic E-state index is 11.2. The Morgan fingerprint density at radius 2 is 1.59 bits per heavy atom. The summed E-state index contributed by atoms with van der Waals surface area (Å²) in [5, 5.41) is 10.6. The molecule has 0 aromatic heterocycles. The summed E-state index contributed by atoms with van der Waals surface area (Å²) in [5.74, 6) is 0.768. The van der Waals surface area contributed by atoms with Crippen LogP contribution in [-0.2, 0) is 20.4 Å². The van der Waals surface area contributed by atoms with Crippen LogP contribution in [0.2, 0.25) is 0 Å². The molecule has 120 valence electrons. The summed E-state index contributed by atoms with van der Waals surface area (Å²) >= 11 is 0.913. The van der Waals surface area contributed by atoms with E-state index in [9.17, 15) is 9.90 Å². The van der Waals surface area contributed by atoms with Gasteiger partial charge >= 0.3 is 0 Å². The van der Waals surface area contributed by atoms with Crippen molar-refractivity contribution in [3.63, 3.8) is 0 Å². The fraction of sp³-hybridized carbons (Fsp3) is 0.529. The SMILES string of the molecule is CC(C)(C)c1cc(C2=NSC(=O)CO2)cc(C(C)(C)C)c1O. The molecule has 0 radical (unpaired) electrons. The largest absolute Gasteiger partial charge is 0.507 e. The van der Waals surface area contributed by atoms with Crippen LogP contribution >= 0.6 is 11.9 Å².